The molecule has 0 aliphatic heterocycles. The van der Waals surface area contributed by atoms with Crippen molar-refractivity contribution in [3.05, 3.63) is 0 Å². The number of halogens is 1. The summed E-state index contributed by atoms with van der Waals surface area (Å²) in [5.74, 6) is 0. The Morgan fingerprint density at radius 2 is 2.33 bits per heavy atom. The van der Waals surface area contributed by atoms with Crippen LogP contribution in [-0.2, 0) is 11.3 Å². The van der Waals surface area contributed by atoms with Gasteiger partial charge in [0.05, 0.1) is 0 Å². The predicted octanol–water partition coefficient (Wildman–Crippen LogP) is 1.11. The van der Waals surface area contributed by atoms with E-state index in [9.17, 15) is 8.69 Å². The number of rotatable bonds is 4. The smallest absolute Gasteiger partial charge is 0.263 e. The zero-order chi connectivity index (χ0) is 7.28. The molecule has 1 atom stereocenters. The highest BCUT2D eigenvalue weighted by Gasteiger charge is 2.06. The Hall–Kier alpha value is -0.0000000000000000486. The largest absolute Gasteiger partial charge is 0.292 e. The van der Waals surface area contributed by atoms with E-state index < -0.39 is 11.3 Å². The molecule has 0 saturated carbocycles. The summed E-state index contributed by atoms with van der Waals surface area (Å²) in [6.07, 6.45) is 1.42. The van der Waals surface area contributed by atoms with Crippen molar-refractivity contribution in [2.75, 3.05) is 6.54 Å². The van der Waals surface area contributed by atoms with E-state index in [2.05, 4.69) is 0 Å². The lowest BCUT2D eigenvalue weighted by Gasteiger charge is -2.02. The van der Waals surface area contributed by atoms with Gasteiger partial charge in [0.25, 0.3) is 11.3 Å². The lowest BCUT2D eigenvalue weighted by Crippen LogP contribution is -2.16. The molecule has 5 heteroatoms. The first-order valence-electron chi connectivity index (χ1n) is 2.72. The fraction of sp³-hybridized carbons (Fsp3) is 1.00. The predicted molar refractivity (Wildman–Crippen MR) is 33.5 cm³/mol. The van der Waals surface area contributed by atoms with E-state index in [-0.39, 0.29) is 11.1 Å². The monoisotopic (exact) mass is 155 g/mol. The minimum absolute atomic E-state index is 0.0274. The molecular weight excluding hydrogens is 145 g/mol. The Balaban J connectivity index is 3.27. The van der Waals surface area contributed by atoms with E-state index in [1.165, 1.54) is 0 Å². The summed E-state index contributed by atoms with van der Waals surface area (Å²) in [6, 6.07) is 0. The number of unbranched alkanes of at least 4 members (excludes halogenated alkanes) is 1. The van der Waals surface area contributed by atoms with Gasteiger partial charge in [-0.3, -0.25) is 4.55 Å². The van der Waals surface area contributed by atoms with Gasteiger partial charge in [-0.05, 0) is 10.9 Å². The van der Waals surface area contributed by atoms with E-state index in [1.54, 1.807) is 0 Å². The first-order valence-corrected chi connectivity index (χ1v) is 3.79. The Morgan fingerprint density at radius 3 is 2.67 bits per heavy atom. The highest BCUT2D eigenvalue weighted by molar-refractivity contribution is 7.76. The molecule has 0 radical (unpaired) electrons. The lowest BCUT2D eigenvalue weighted by molar-refractivity contribution is 0.134. The van der Waals surface area contributed by atoms with Crippen LogP contribution in [0.2, 0.25) is 0 Å². The third-order valence-corrected chi connectivity index (χ3v) is 1.38. The number of hydrogen-bond donors (Lipinski definition) is 1. The maximum absolute atomic E-state index is 12.0. The van der Waals surface area contributed by atoms with Crippen molar-refractivity contribution in [1.82, 2.24) is 4.53 Å². The first-order chi connectivity index (χ1) is 4.18. The van der Waals surface area contributed by atoms with Gasteiger partial charge in [0.2, 0.25) is 0 Å². The summed E-state index contributed by atoms with van der Waals surface area (Å²) in [6.45, 7) is 1.91. The van der Waals surface area contributed by atoms with E-state index >= 15 is 0 Å². The summed E-state index contributed by atoms with van der Waals surface area (Å²) in [5, 5.41) is 0. The quantitative estimate of drug-likeness (QED) is 0.488. The third kappa shape index (κ3) is 4.50. The summed E-state index contributed by atoms with van der Waals surface area (Å²) in [7, 11) is 0. The van der Waals surface area contributed by atoms with Crippen LogP contribution in [-0.4, -0.2) is 19.8 Å². The van der Waals surface area contributed by atoms with Gasteiger partial charge < -0.3 is 0 Å². The molecule has 3 nitrogen and oxygen atoms in total. The third-order valence-electron chi connectivity index (χ3n) is 0.857. The highest BCUT2D eigenvalue weighted by atomic mass is 32.2. The molecule has 0 saturated heterocycles. The molecule has 56 valence electrons. The molecule has 0 spiro atoms. The minimum atomic E-state index is -2.45. The summed E-state index contributed by atoms with van der Waals surface area (Å²) < 4.78 is 29.8. The van der Waals surface area contributed by atoms with Gasteiger partial charge in [-0.15, -0.1) is 4.48 Å². The Kier molecular flexibility index (Phi) is 4.84. The van der Waals surface area contributed by atoms with Crippen LogP contribution in [0.4, 0.5) is 4.48 Å². The topological polar surface area (TPSA) is 40.5 Å². The molecule has 0 rings (SSSR count). The van der Waals surface area contributed by atoms with Crippen LogP contribution < -0.4 is 0 Å². The van der Waals surface area contributed by atoms with Gasteiger partial charge in [-0.25, -0.2) is 4.21 Å². The molecule has 0 aliphatic rings. The summed E-state index contributed by atoms with van der Waals surface area (Å²) in [4.78, 5) is 0. The maximum atomic E-state index is 12.0. The van der Waals surface area contributed by atoms with Gasteiger partial charge in [0.15, 0.2) is 0 Å². The van der Waals surface area contributed by atoms with Crippen LogP contribution in [0.5, 0.6) is 0 Å². The molecule has 9 heavy (non-hydrogen) atoms. The van der Waals surface area contributed by atoms with Crippen LogP contribution in [0, 0.1) is 0 Å². The molecule has 1 unspecified atom stereocenters. The molecule has 0 fully saturated rings. The van der Waals surface area contributed by atoms with Crippen LogP contribution in [0.25, 0.3) is 0 Å². The average Bonchev–Trinajstić information content (AvgIpc) is 1.82. The molecule has 0 heterocycles. The molecule has 0 amide bonds. The van der Waals surface area contributed by atoms with E-state index in [1.807, 2.05) is 6.92 Å². The molecular formula is C4H10FNO2S. The second-order valence-corrected chi connectivity index (χ2v) is 2.48. The molecule has 0 bridgehead atoms. The van der Waals surface area contributed by atoms with Gasteiger partial charge in [0.1, 0.15) is 0 Å². The average molecular weight is 155 g/mol. The number of nitrogens with zero attached hydrogens (tertiary/aromatic N) is 1. The van der Waals surface area contributed by atoms with Crippen molar-refractivity contribution >= 4 is 11.3 Å². The Labute approximate surface area is 56.2 Å². The Bertz CT molecular complexity index is 101. The van der Waals surface area contributed by atoms with E-state index in [4.69, 9.17) is 4.55 Å². The summed E-state index contributed by atoms with van der Waals surface area (Å²) in [5.41, 5.74) is 0. The normalized spacial score (nSPS) is 14.2. The van der Waals surface area contributed by atoms with Gasteiger partial charge in [0, 0.05) is 6.54 Å². The van der Waals surface area contributed by atoms with Crippen molar-refractivity contribution in [3.63, 3.8) is 0 Å². The molecule has 0 aromatic carbocycles. The molecule has 0 aromatic rings. The first kappa shape index (κ1) is 9.00. The Morgan fingerprint density at radius 1 is 1.78 bits per heavy atom. The zero-order valence-electron chi connectivity index (χ0n) is 5.21. The van der Waals surface area contributed by atoms with Crippen LogP contribution in [0.15, 0.2) is 0 Å². The molecule has 0 aromatic heterocycles. The van der Waals surface area contributed by atoms with Crippen molar-refractivity contribution in [3.8, 4) is 0 Å². The van der Waals surface area contributed by atoms with Gasteiger partial charge in [-0.2, -0.15) is 0 Å². The van der Waals surface area contributed by atoms with Crippen LogP contribution >= 0.6 is 0 Å². The maximum Gasteiger partial charge on any atom is 0.263 e. The van der Waals surface area contributed by atoms with Crippen LogP contribution in [0.1, 0.15) is 19.8 Å². The minimum Gasteiger partial charge on any atom is -0.292 e. The second-order valence-electron chi connectivity index (χ2n) is 1.63. The standard InChI is InChI=1S/C4H10FNO2S/c1-2-3-4-6(5)9(7)8/h2-4H2,1H3,(H,7,8). The van der Waals surface area contributed by atoms with E-state index in [0.717, 1.165) is 6.42 Å². The van der Waals surface area contributed by atoms with Crippen molar-refractivity contribution in [1.29, 1.82) is 0 Å². The van der Waals surface area contributed by atoms with Crippen LogP contribution in [0.3, 0.4) is 0 Å². The van der Waals surface area contributed by atoms with Crippen molar-refractivity contribution in [2.24, 2.45) is 0 Å². The SMILES string of the molecule is CCCCN(F)S(=O)O. The lowest BCUT2D eigenvalue weighted by atomic mass is 10.3. The van der Waals surface area contributed by atoms with Gasteiger partial charge >= 0.3 is 0 Å². The molecule has 0 aliphatic carbocycles. The number of hydrogen-bond acceptors (Lipinski definition) is 1. The second kappa shape index (κ2) is 4.84. The van der Waals surface area contributed by atoms with E-state index in [0.29, 0.717) is 6.42 Å². The summed E-state index contributed by atoms with van der Waals surface area (Å²) >= 11 is -2.45. The highest BCUT2D eigenvalue weighted by Crippen LogP contribution is 1.96. The fourth-order valence-electron chi connectivity index (χ4n) is 0.361. The van der Waals surface area contributed by atoms with Gasteiger partial charge in [-0.1, -0.05) is 13.3 Å². The zero-order valence-corrected chi connectivity index (χ0v) is 6.03. The molecule has 1 N–H and O–H groups in total. The fourth-order valence-corrected chi connectivity index (χ4v) is 0.646. The van der Waals surface area contributed by atoms with Crippen molar-refractivity contribution < 1.29 is 13.2 Å². The van der Waals surface area contributed by atoms with Crippen molar-refractivity contribution in [2.45, 2.75) is 19.8 Å².